The molecule has 114 valence electrons. The number of urea groups is 1. The fourth-order valence-corrected chi connectivity index (χ4v) is 2.73. The average molecular weight is 282 g/mol. The van der Waals surface area contributed by atoms with Gasteiger partial charge in [-0.05, 0) is 24.7 Å². The molecule has 1 aliphatic carbocycles. The van der Waals surface area contributed by atoms with Crippen LogP contribution in [0.1, 0.15) is 39.0 Å². The van der Waals surface area contributed by atoms with E-state index < -0.39 is 5.97 Å². The van der Waals surface area contributed by atoms with Crippen molar-refractivity contribution in [3.8, 4) is 0 Å². The van der Waals surface area contributed by atoms with Crippen molar-refractivity contribution in [3.63, 3.8) is 0 Å². The molecule has 0 aromatic heterocycles. The summed E-state index contributed by atoms with van der Waals surface area (Å²) in [6.07, 6.45) is 7.56. The number of carbonyl (C=O) groups excluding carboxylic acids is 1. The van der Waals surface area contributed by atoms with Gasteiger partial charge in [-0.3, -0.25) is 4.79 Å². The molecule has 5 nitrogen and oxygen atoms in total. The van der Waals surface area contributed by atoms with E-state index in [9.17, 15) is 9.59 Å². The minimum atomic E-state index is -1.01. The maximum Gasteiger partial charge on any atom is 0.323 e. The van der Waals surface area contributed by atoms with Crippen LogP contribution in [0.3, 0.4) is 0 Å². The van der Waals surface area contributed by atoms with Crippen molar-refractivity contribution in [2.75, 3.05) is 19.6 Å². The molecule has 0 heterocycles. The molecule has 0 spiro atoms. The van der Waals surface area contributed by atoms with Crippen molar-refractivity contribution in [2.24, 2.45) is 11.8 Å². The maximum absolute atomic E-state index is 11.9. The van der Waals surface area contributed by atoms with E-state index in [1.165, 1.54) is 30.2 Å². The van der Waals surface area contributed by atoms with Crippen molar-refractivity contribution in [1.29, 1.82) is 0 Å². The summed E-state index contributed by atoms with van der Waals surface area (Å²) in [5.41, 5.74) is 0. The molecule has 1 aliphatic rings. The molecule has 0 aliphatic heterocycles. The standard InChI is InChI=1S/C15H26N2O3/c1-3-9-17(11-14(18)19)15(20)16-10-13-7-5-12(4-2)6-8-13/h3,12-13H,1,4-11H2,2H3,(H,16,20)(H,18,19). The van der Waals surface area contributed by atoms with E-state index in [0.717, 1.165) is 18.8 Å². The molecule has 1 rings (SSSR count). The minimum absolute atomic E-state index is 0.251. The van der Waals surface area contributed by atoms with E-state index >= 15 is 0 Å². The molecule has 2 amide bonds. The quantitative estimate of drug-likeness (QED) is 0.705. The second kappa shape index (κ2) is 8.61. The van der Waals surface area contributed by atoms with Crippen molar-refractivity contribution >= 4 is 12.0 Å². The highest BCUT2D eigenvalue weighted by atomic mass is 16.4. The highest BCUT2D eigenvalue weighted by molar-refractivity contribution is 5.80. The molecule has 0 atom stereocenters. The van der Waals surface area contributed by atoms with Crippen LogP contribution in [-0.2, 0) is 4.79 Å². The third-order valence-electron chi connectivity index (χ3n) is 4.05. The predicted molar refractivity (Wildman–Crippen MR) is 78.5 cm³/mol. The molecule has 2 N–H and O–H groups in total. The summed E-state index contributed by atoms with van der Waals surface area (Å²) in [5, 5.41) is 11.6. The van der Waals surface area contributed by atoms with Crippen LogP contribution in [0.5, 0.6) is 0 Å². The van der Waals surface area contributed by atoms with Gasteiger partial charge in [0.15, 0.2) is 0 Å². The normalized spacial score (nSPS) is 22.1. The lowest BCUT2D eigenvalue weighted by atomic mass is 9.81. The van der Waals surface area contributed by atoms with Gasteiger partial charge in [0.05, 0.1) is 0 Å². The number of nitrogens with one attached hydrogen (secondary N) is 1. The monoisotopic (exact) mass is 282 g/mol. The maximum atomic E-state index is 11.9. The summed E-state index contributed by atoms with van der Waals surface area (Å²) in [4.78, 5) is 23.9. The number of carboxylic acid groups (broad SMARTS) is 1. The zero-order valence-electron chi connectivity index (χ0n) is 12.3. The molecule has 1 fully saturated rings. The van der Waals surface area contributed by atoms with Gasteiger partial charge in [0.2, 0.25) is 0 Å². The van der Waals surface area contributed by atoms with Crippen LogP contribution in [-0.4, -0.2) is 41.6 Å². The molecule has 0 radical (unpaired) electrons. The Morgan fingerprint density at radius 3 is 2.40 bits per heavy atom. The molecule has 0 unspecified atom stereocenters. The van der Waals surface area contributed by atoms with Gasteiger partial charge >= 0.3 is 12.0 Å². The van der Waals surface area contributed by atoms with E-state index in [1.54, 1.807) is 0 Å². The van der Waals surface area contributed by atoms with Crippen molar-refractivity contribution in [1.82, 2.24) is 10.2 Å². The number of hydrogen-bond donors (Lipinski definition) is 2. The number of amides is 2. The molecule has 0 aromatic rings. The Labute approximate surface area is 121 Å². The van der Waals surface area contributed by atoms with Crippen LogP contribution in [0, 0.1) is 11.8 Å². The Morgan fingerprint density at radius 2 is 1.90 bits per heavy atom. The zero-order valence-corrected chi connectivity index (χ0v) is 12.3. The van der Waals surface area contributed by atoms with Gasteiger partial charge in [-0.25, -0.2) is 4.79 Å². The number of nitrogens with zero attached hydrogens (tertiary/aromatic N) is 1. The first-order valence-electron chi connectivity index (χ1n) is 7.42. The summed E-state index contributed by atoms with van der Waals surface area (Å²) in [6, 6.07) is -0.315. The van der Waals surface area contributed by atoms with Gasteiger partial charge in [0, 0.05) is 13.1 Å². The first-order valence-corrected chi connectivity index (χ1v) is 7.42. The molecule has 20 heavy (non-hydrogen) atoms. The van der Waals surface area contributed by atoms with Gasteiger partial charge < -0.3 is 15.3 Å². The van der Waals surface area contributed by atoms with E-state index in [-0.39, 0.29) is 19.1 Å². The van der Waals surface area contributed by atoms with Crippen LogP contribution in [0.4, 0.5) is 4.79 Å². The Hall–Kier alpha value is -1.52. The molecule has 0 aromatic carbocycles. The number of rotatable bonds is 7. The van der Waals surface area contributed by atoms with Crippen LogP contribution in [0.15, 0.2) is 12.7 Å². The average Bonchev–Trinajstić information content (AvgIpc) is 2.44. The van der Waals surface area contributed by atoms with Gasteiger partial charge in [0.1, 0.15) is 6.54 Å². The van der Waals surface area contributed by atoms with E-state index in [4.69, 9.17) is 5.11 Å². The van der Waals surface area contributed by atoms with Crippen LogP contribution >= 0.6 is 0 Å². The largest absolute Gasteiger partial charge is 0.480 e. The lowest BCUT2D eigenvalue weighted by Gasteiger charge is -2.28. The van der Waals surface area contributed by atoms with Gasteiger partial charge in [-0.1, -0.05) is 32.3 Å². The number of carbonyl (C=O) groups is 2. The van der Waals surface area contributed by atoms with Crippen molar-refractivity contribution in [2.45, 2.75) is 39.0 Å². The van der Waals surface area contributed by atoms with Gasteiger partial charge in [0.25, 0.3) is 0 Å². The Bertz CT molecular complexity index is 336. The fourth-order valence-electron chi connectivity index (χ4n) is 2.73. The second-order valence-electron chi connectivity index (χ2n) is 5.54. The number of aliphatic carboxylic acids is 1. The molecular formula is C15H26N2O3. The first-order chi connectivity index (χ1) is 9.56. The summed E-state index contributed by atoms with van der Waals surface area (Å²) in [7, 11) is 0. The van der Waals surface area contributed by atoms with Gasteiger partial charge in [-0.2, -0.15) is 0 Å². The Balaban J connectivity index is 2.33. The summed E-state index contributed by atoms with van der Waals surface area (Å²) >= 11 is 0. The first kappa shape index (κ1) is 16.5. The minimum Gasteiger partial charge on any atom is -0.480 e. The Kier molecular flexibility index (Phi) is 7.12. The van der Waals surface area contributed by atoms with Crippen LogP contribution in [0.2, 0.25) is 0 Å². The Morgan fingerprint density at radius 1 is 1.30 bits per heavy atom. The summed E-state index contributed by atoms with van der Waals surface area (Å²) in [6.45, 7) is 6.37. The molecule has 0 bridgehead atoms. The predicted octanol–water partition coefficient (Wildman–Crippen LogP) is 2.49. The van der Waals surface area contributed by atoms with E-state index in [2.05, 4.69) is 18.8 Å². The number of hydrogen-bond acceptors (Lipinski definition) is 2. The third kappa shape index (κ3) is 5.63. The van der Waals surface area contributed by atoms with Crippen molar-refractivity contribution < 1.29 is 14.7 Å². The molecule has 1 saturated carbocycles. The smallest absolute Gasteiger partial charge is 0.323 e. The van der Waals surface area contributed by atoms with Gasteiger partial charge in [-0.15, -0.1) is 6.58 Å². The lowest BCUT2D eigenvalue weighted by molar-refractivity contribution is -0.137. The van der Waals surface area contributed by atoms with Crippen LogP contribution in [0.25, 0.3) is 0 Å². The fraction of sp³-hybridized carbons (Fsp3) is 0.733. The van der Waals surface area contributed by atoms with E-state index in [1.807, 2.05) is 0 Å². The molecular weight excluding hydrogens is 256 g/mol. The van der Waals surface area contributed by atoms with Crippen LogP contribution < -0.4 is 5.32 Å². The van der Waals surface area contributed by atoms with E-state index in [0.29, 0.717) is 12.5 Å². The number of carboxylic acids is 1. The highest BCUT2D eigenvalue weighted by Gasteiger charge is 2.21. The second-order valence-corrected chi connectivity index (χ2v) is 5.54. The third-order valence-corrected chi connectivity index (χ3v) is 4.05. The topological polar surface area (TPSA) is 69.6 Å². The summed E-state index contributed by atoms with van der Waals surface area (Å²) < 4.78 is 0. The lowest BCUT2D eigenvalue weighted by Crippen LogP contribution is -2.44. The molecule has 5 heteroatoms. The SMILES string of the molecule is C=CCN(CC(=O)O)C(=O)NCC1CCC(CC)CC1. The van der Waals surface area contributed by atoms with Crippen molar-refractivity contribution in [3.05, 3.63) is 12.7 Å². The molecule has 0 saturated heterocycles. The highest BCUT2D eigenvalue weighted by Crippen LogP contribution is 2.30. The summed E-state index contributed by atoms with van der Waals surface area (Å²) in [5.74, 6) is 0.355. The zero-order chi connectivity index (χ0) is 15.0.